The lowest BCUT2D eigenvalue weighted by molar-refractivity contribution is 0.311. The maximum Gasteiger partial charge on any atom is 0.200 e. The molecule has 0 amide bonds. The first-order valence-corrected chi connectivity index (χ1v) is 4.89. The van der Waals surface area contributed by atoms with E-state index in [9.17, 15) is 0 Å². The zero-order valence-corrected chi connectivity index (χ0v) is 9.01. The number of anilines is 1. The summed E-state index contributed by atoms with van der Waals surface area (Å²) in [6.07, 6.45) is 1.68. The van der Waals surface area contributed by atoms with Crippen molar-refractivity contribution in [3.8, 4) is 0 Å². The van der Waals surface area contributed by atoms with Crippen LogP contribution in [0.3, 0.4) is 0 Å². The van der Waals surface area contributed by atoms with Gasteiger partial charge in [-0.05, 0) is 12.2 Å². The van der Waals surface area contributed by atoms with Crippen LogP contribution in [0, 0.1) is 4.77 Å². The minimum absolute atomic E-state index is 0.0480. The van der Waals surface area contributed by atoms with Gasteiger partial charge in [0.2, 0.25) is 4.77 Å². The fourth-order valence-corrected chi connectivity index (χ4v) is 1.57. The molecule has 0 atom stereocenters. The van der Waals surface area contributed by atoms with Gasteiger partial charge in [0.05, 0.1) is 12.9 Å². The molecule has 2 aromatic rings. The number of hydrogen-bond acceptors (Lipinski definition) is 5. The Hall–Kier alpha value is -1.47. The molecule has 0 fully saturated rings. The van der Waals surface area contributed by atoms with E-state index in [1.165, 1.54) is 0 Å². The van der Waals surface area contributed by atoms with Gasteiger partial charge >= 0.3 is 0 Å². The first kappa shape index (κ1) is 10.1. The molecule has 0 aliphatic carbocycles. The maximum atomic E-state index is 8.74. The molecular weight excluding hydrogens is 214 g/mol. The van der Waals surface area contributed by atoms with E-state index < -0.39 is 0 Å². The maximum absolute atomic E-state index is 8.74. The number of aliphatic hydroxyl groups excluding tert-OH is 1. The van der Waals surface area contributed by atoms with Gasteiger partial charge in [-0.25, -0.2) is 9.97 Å². The molecule has 80 valence electrons. The summed E-state index contributed by atoms with van der Waals surface area (Å²) in [6.45, 7) is 0.485. The largest absolute Gasteiger partial charge is 0.395 e. The van der Waals surface area contributed by atoms with Gasteiger partial charge in [-0.1, -0.05) is 0 Å². The average Bonchev–Trinajstić information content (AvgIpc) is 2.56. The molecule has 0 aliphatic heterocycles. The number of H-pyrrole nitrogens is 1. The van der Waals surface area contributed by atoms with Crippen molar-refractivity contribution in [1.29, 1.82) is 0 Å². The number of aliphatic hydroxyl groups is 1. The topological polar surface area (TPSA) is 78.8 Å². The number of nitrogens with one attached hydrogen (secondary N) is 2. The minimum atomic E-state index is 0.0480. The second-order valence-corrected chi connectivity index (χ2v) is 3.48. The van der Waals surface area contributed by atoms with Crippen LogP contribution in [0.5, 0.6) is 0 Å². The van der Waals surface area contributed by atoms with E-state index in [4.69, 9.17) is 17.3 Å². The summed E-state index contributed by atoms with van der Waals surface area (Å²) in [7, 11) is 1.87. The summed E-state index contributed by atoms with van der Waals surface area (Å²) in [6, 6.07) is 0. The van der Waals surface area contributed by atoms with Crippen LogP contribution in [-0.2, 0) is 7.05 Å². The molecule has 0 aliphatic rings. The summed E-state index contributed by atoms with van der Waals surface area (Å²) >= 11 is 4.97. The fraction of sp³-hybridized carbons (Fsp3) is 0.375. The minimum Gasteiger partial charge on any atom is -0.395 e. The Labute approximate surface area is 91.0 Å². The van der Waals surface area contributed by atoms with Crippen molar-refractivity contribution in [2.24, 2.45) is 7.05 Å². The summed E-state index contributed by atoms with van der Waals surface area (Å²) in [5, 5.41) is 11.7. The standard InChI is InChI=1S/C8H11N5OS/c1-13-4-10-7-5(13)6(9-2-3-14)11-8(15)12-7/h4,14H,2-3H2,1H3,(H2,9,11,12,15). The normalized spacial score (nSPS) is 10.8. The quantitative estimate of drug-likeness (QED) is 0.660. The second-order valence-electron chi connectivity index (χ2n) is 3.09. The number of fused-ring (bicyclic) bond motifs is 1. The molecule has 6 nitrogen and oxygen atoms in total. The third-order valence-corrected chi connectivity index (χ3v) is 2.20. The number of rotatable bonds is 3. The van der Waals surface area contributed by atoms with Crippen LogP contribution in [-0.4, -0.2) is 37.8 Å². The summed E-state index contributed by atoms with van der Waals surface area (Å²) in [5.74, 6) is 0.641. The molecule has 2 aromatic heterocycles. The molecule has 0 aromatic carbocycles. The molecule has 2 rings (SSSR count). The lowest BCUT2D eigenvalue weighted by Gasteiger charge is -2.05. The third-order valence-electron chi connectivity index (χ3n) is 2.00. The van der Waals surface area contributed by atoms with Crippen molar-refractivity contribution >= 4 is 29.2 Å². The van der Waals surface area contributed by atoms with Gasteiger partial charge in [-0.2, -0.15) is 0 Å². The van der Waals surface area contributed by atoms with E-state index >= 15 is 0 Å². The van der Waals surface area contributed by atoms with E-state index in [0.717, 1.165) is 5.52 Å². The van der Waals surface area contributed by atoms with Crippen molar-refractivity contribution < 1.29 is 5.11 Å². The lowest BCUT2D eigenvalue weighted by Crippen LogP contribution is -2.09. The molecule has 15 heavy (non-hydrogen) atoms. The molecule has 0 bridgehead atoms. The first-order chi connectivity index (χ1) is 7.22. The Morgan fingerprint density at radius 1 is 1.67 bits per heavy atom. The monoisotopic (exact) mass is 225 g/mol. The molecule has 3 N–H and O–H groups in total. The van der Waals surface area contributed by atoms with Crippen molar-refractivity contribution in [1.82, 2.24) is 19.5 Å². The van der Waals surface area contributed by atoms with Gasteiger partial charge in [0.15, 0.2) is 11.5 Å². The third kappa shape index (κ3) is 1.83. The van der Waals surface area contributed by atoms with E-state index in [1.807, 2.05) is 11.6 Å². The van der Waals surface area contributed by atoms with Gasteiger partial charge in [-0.15, -0.1) is 0 Å². The Bertz CT molecular complexity index is 531. The molecule has 0 radical (unpaired) electrons. The molecule has 2 heterocycles. The van der Waals surface area contributed by atoms with Crippen LogP contribution >= 0.6 is 12.2 Å². The molecule has 0 spiro atoms. The average molecular weight is 225 g/mol. The van der Waals surface area contributed by atoms with E-state index in [1.54, 1.807) is 6.33 Å². The first-order valence-electron chi connectivity index (χ1n) is 4.48. The summed E-state index contributed by atoms with van der Waals surface area (Å²) in [5.41, 5.74) is 1.54. The van der Waals surface area contributed by atoms with Crippen molar-refractivity contribution in [2.75, 3.05) is 18.5 Å². The number of aryl methyl sites for hydroxylation is 1. The lowest BCUT2D eigenvalue weighted by atomic mass is 10.4. The highest BCUT2D eigenvalue weighted by Crippen LogP contribution is 2.17. The summed E-state index contributed by atoms with van der Waals surface area (Å²) < 4.78 is 2.22. The SMILES string of the molecule is Cn1cnc2[nH]c(=S)nc(NCCO)c21. The number of nitrogens with zero attached hydrogens (tertiary/aromatic N) is 3. The van der Waals surface area contributed by atoms with Crippen molar-refractivity contribution in [2.45, 2.75) is 0 Å². The highest BCUT2D eigenvalue weighted by Gasteiger charge is 2.07. The van der Waals surface area contributed by atoms with E-state index in [0.29, 0.717) is 22.8 Å². The van der Waals surface area contributed by atoms with Crippen LogP contribution < -0.4 is 5.32 Å². The Balaban J connectivity index is 2.58. The number of imidazole rings is 1. The zero-order chi connectivity index (χ0) is 10.8. The predicted octanol–water partition coefficient (Wildman–Crippen LogP) is 0.430. The molecular formula is C8H11N5OS. The van der Waals surface area contributed by atoms with Gasteiger partial charge in [0.1, 0.15) is 5.52 Å². The Morgan fingerprint density at radius 2 is 2.47 bits per heavy atom. The molecule has 0 saturated carbocycles. The van der Waals surface area contributed by atoms with E-state index in [-0.39, 0.29) is 6.61 Å². The van der Waals surface area contributed by atoms with Gasteiger partial charge in [0.25, 0.3) is 0 Å². The van der Waals surface area contributed by atoms with Gasteiger partial charge < -0.3 is 20.0 Å². The summed E-state index contributed by atoms with van der Waals surface area (Å²) in [4.78, 5) is 11.2. The van der Waals surface area contributed by atoms with Crippen LogP contribution in [0.4, 0.5) is 5.82 Å². The Kier molecular flexibility index (Phi) is 2.65. The van der Waals surface area contributed by atoms with Gasteiger partial charge in [0, 0.05) is 13.6 Å². The van der Waals surface area contributed by atoms with Crippen molar-refractivity contribution in [3.63, 3.8) is 0 Å². The number of aromatic amines is 1. The highest BCUT2D eigenvalue weighted by molar-refractivity contribution is 7.71. The highest BCUT2D eigenvalue weighted by atomic mass is 32.1. The van der Waals surface area contributed by atoms with Crippen LogP contribution in [0.2, 0.25) is 0 Å². The fourth-order valence-electron chi connectivity index (χ4n) is 1.38. The predicted molar refractivity (Wildman–Crippen MR) is 59.3 cm³/mol. The zero-order valence-electron chi connectivity index (χ0n) is 8.19. The van der Waals surface area contributed by atoms with Crippen LogP contribution in [0.15, 0.2) is 6.33 Å². The Morgan fingerprint density at radius 3 is 3.20 bits per heavy atom. The van der Waals surface area contributed by atoms with Crippen LogP contribution in [0.25, 0.3) is 11.2 Å². The number of hydrogen-bond donors (Lipinski definition) is 3. The molecule has 0 unspecified atom stereocenters. The van der Waals surface area contributed by atoms with Gasteiger partial charge in [-0.3, -0.25) is 0 Å². The smallest absolute Gasteiger partial charge is 0.200 e. The number of aromatic nitrogens is 4. The molecule has 7 heteroatoms. The van der Waals surface area contributed by atoms with Crippen molar-refractivity contribution in [3.05, 3.63) is 11.1 Å². The molecule has 0 saturated heterocycles. The van der Waals surface area contributed by atoms with Crippen LogP contribution in [0.1, 0.15) is 0 Å². The van der Waals surface area contributed by atoms with E-state index in [2.05, 4.69) is 20.3 Å². The second kappa shape index (κ2) is 3.95.